The molecule has 4 rings (SSSR count). The highest BCUT2D eigenvalue weighted by atomic mass is 32.2. The van der Waals surface area contributed by atoms with Gasteiger partial charge in [-0.2, -0.15) is 4.31 Å². The zero-order valence-corrected chi connectivity index (χ0v) is 16.6. The molecule has 160 valence electrons. The maximum Gasteiger partial charge on any atom is 0.246 e. The molecule has 2 aliphatic heterocycles. The van der Waals surface area contributed by atoms with Gasteiger partial charge in [0.05, 0.1) is 5.69 Å². The van der Waals surface area contributed by atoms with E-state index in [0.717, 1.165) is 28.6 Å². The largest absolute Gasteiger partial charge is 0.311 e. The zero-order chi connectivity index (χ0) is 21.6. The third-order valence-corrected chi connectivity index (χ3v) is 7.51. The summed E-state index contributed by atoms with van der Waals surface area (Å²) in [6.45, 7) is 0.126. The number of sulfonamides is 1. The summed E-state index contributed by atoms with van der Waals surface area (Å²) >= 11 is 0. The number of carbonyl (C=O) groups excluding carboxylic acids is 1. The number of benzene rings is 2. The van der Waals surface area contributed by atoms with Gasteiger partial charge in [-0.25, -0.2) is 26.0 Å². The van der Waals surface area contributed by atoms with E-state index >= 15 is 0 Å². The van der Waals surface area contributed by atoms with Crippen LogP contribution < -0.4 is 4.90 Å². The predicted molar refractivity (Wildman–Crippen MR) is 100 cm³/mol. The third-order valence-electron chi connectivity index (χ3n) is 5.59. The number of rotatable bonds is 3. The minimum Gasteiger partial charge on any atom is -0.311 e. The molecule has 0 aliphatic carbocycles. The van der Waals surface area contributed by atoms with E-state index in [1.807, 2.05) is 0 Å². The van der Waals surface area contributed by atoms with E-state index in [-0.39, 0.29) is 56.1 Å². The topological polar surface area (TPSA) is 57.7 Å². The van der Waals surface area contributed by atoms with Gasteiger partial charge >= 0.3 is 0 Å². The average Bonchev–Trinajstić information content (AvgIpc) is 3.13. The smallest absolute Gasteiger partial charge is 0.246 e. The Morgan fingerprint density at radius 1 is 0.900 bits per heavy atom. The van der Waals surface area contributed by atoms with Crippen LogP contribution in [0.3, 0.4) is 0 Å². The van der Waals surface area contributed by atoms with Gasteiger partial charge in [-0.05, 0) is 43.5 Å². The molecule has 0 unspecified atom stereocenters. The highest BCUT2D eigenvalue weighted by molar-refractivity contribution is 7.89. The molecular formula is C20H18F4N2O3S. The Bertz CT molecular complexity index is 1120. The van der Waals surface area contributed by atoms with Gasteiger partial charge in [-0.15, -0.1) is 0 Å². The number of hydrogen-bond donors (Lipinski definition) is 0. The lowest BCUT2D eigenvalue weighted by Crippen LogP contribution is -2.44. The van der Waals surface area contributed by atoms with Crippen molar-refractivity contribution in [2.45, 2.75) is 24.2 Å². The van der Waals surface area contributed by atoms with Crippen molar-refractivity contribution in [2.75, 3.05) is 24.5 Å². The van der Waals surface area contributed by atoms with Gasteiger partial charge in [0.2, 0.25) is 15.9 Å². The lowest BCUT2D eigenvalue weighted by atomic mass is 9.96. The van der Waals surface area contributed by atoms with Gasteiger partial charge in [0.25, 0.3) is 0 Å². The van der Waals surface area contributed by atoms with E-state index < -0.39 is 44.1 Å². The Hall–Kier alpha value is -2.46. The monoisotopic (exact) mass is 442 g/mol. The van der Waals surface area contributed by atoms with Crippen LogP contribution in [0.5, 0.6) is 0 Å². The molecule has 5 nitrogen and oxygen atoms in total. The van der Waals surface area contributed by atoms with Crippen LogP contribution in [0.1, 0.15) is 18.4 Å². The Kier molecular flexibility index (Phi) is 5.31. The van der Waals surface area contributed by atoms with E-state index in [4.69, 9.17) is 0 Å². The van der Waals surface area contributed by atoms with Crippen LogP contribution in [-0.4, -0.2) is 38.3 Å². The molecule has 1 saturated heterocycles. The summed E-state index contributed by atoms with van der Waals surface area (Å²) < 4.78 is 81.2. The molecular weight excluding hydrogens is 424 g/mol. The van der Waals surface area contributed by atoms with Crippen molar-refractivity contribution in [3.63, 3.8) is 0 Å². The van der Waals surface area contributed by atoms with Crippen molar-refractivity contribution in [3.8, 4) is 0 Å². The number of piperidine rings is 1. The quantitative estimate of drug-likeness (QED) is 0.686. The van der Waals surface area contributed by atoms with Crippen LogP contribution in [0.2, 0.25) is 0 Å². The molecule has 2 aromatic rings. The molecule has 1 amide bonds. The lowest BCUT2D eigenvalue weighted by Gasteiger charge is -2.32. The van der Waals surface area contributed by atoms with Crippen LogP contribution in [0.15, 0.2) is 35.2 Å². The molecule has 1 fully saturated rings. The second-order valence-corrected chi connectivity index (χ2v) is 9.28. The number of anilines is 1. The number of nitrogens with zero attached hydrogens (tertiary/aromatic N) is 2. The Morgan fingerprint density at radius 2 is 1.60 bits per heavy atom. The van der Waals surface area contributed by atoms with Crippen molar-refractivity contribution in [1.29, 1.82) is 0 Å². The van der Waals surface area contributed by atoms with Crippen molar-refractivity contribution < 1.29 is 30.8 Å². The summed E-state index contributed by atoms with van der Waals surface area (Å²) in [5.74, 6) is -4.25. The number of hydrogen-bond acceptors (Lipinski definition) is 3. The second kappa shape index (κ2) is 7.66. The minimum atomic E-state index is -4.25. The minimum absolute atomic E-state index is 0.0487. The van der Waals surface area contributed by atoms with Crippen LogP contribution in [-0.2, 0) is 21.2 Å². The maximum atomic E-state index is 13.9. The summed E-state index contributed by atoms with van der Waals surface area (Å²) in [6.07, 6.45) is 0.608. The number of amides is 1. The van der Waals surface area contributed by atoms with E-state index in [1.165, 1.54) is 4.90 Å². The molecule has 0 saturated carbocycles. The standard InChI is InChI=1S/C20H18F4N2O3S/c21-13-1-2-16(23)19(11-13)30(28,29)25-6-3-12(4-7-25)20(27)26-8-5-15-17(24)9-14(22)10-18(15)26/h1-2,9-12H,3-8H2. The molecule has 0 N–H and O–H groups in total. The van der Waals surface area contributed by atoms with Gasteiger partial charge in [0.15, 0.2) is 0 Å². The fourth-order valence-electron chi connectivity index (χ4n) is 4.03. The fraction of sp³-hybridized carbons (Fsp3) is 0.350. The summed E-state index contributed by atoms with van der Waals surface area (Å²) in [5.41, 5.74) is 0.487. The van der Waals surface area contributed by atoms with Crippen LogP contribution >= 0.6 is 0 Å². The summed E-state index contributed by atoms with van der Waals surface area (Å²) in [4.78, 5) is 13.5. The molecule has 2 aliphatic rings. The first-order chi connectivity index (χ1) is 14.2. The molecule has 0 aromatic heterocycles. The first-order valence-corrected chi connectivity index (χ1v) is 10.9. The predicted octanol–water partition coefficient (Wildman–Crippen LogP) is 3.23. The SMILES string of the molecule is O=C(C1CCN(S(=O)(=O)c2cc(F)ccc2F)CC1)N1CCc2c(F)cc(F)cc21. The van der Waals surface area contributed by atoms with Crippen LogP contribution in [0.4, 0.5) is 23.2 Å². The van der Waals surface area contributed by atoms with E-state index in [0.29, 0.717) is 6.07 Å². The summed E-state index contributed by atoms with van der Waals surface area (Å²) in [6, 6.07) is 4.11. The van der Waals surface area contributed by atoms with Crippen molar-refractivity contribution in [1.82, 2.24) is 4.31 Å². The van der Waals surface area contributed by atoms with Crippen molar-refractivity contribution in [3.05, 3.63) is 59.2 Å². The Morgan fingerprint density at radius 3 is 2.30 bits per heavy atom. The van der Waals surface area contributed by atoms with Crippen LogP contribution in [0, 0.1) is 29.2 Å². The van der Waals surface area contributed by atoms with Crippen LogP contribution in [0.25, 0.3) is 0 Å². The number of carbonyl (C=O) groups is 1. The summed E-state index contributed by atoms with van der Waals surface area (Å²) in [5, 5.41) is 0. The first-order valence-electron chi connectivity index (χ1n) is 9.43. The Labute approximate surface area is 171 Å². The Balaban J connectivity index is 1.48. The van der Waals surface area contributed by atoms with Crippen molar-refractivity contribution in [2.24, 2.45) is 5.92 Å². The fourth-order valence-corrected chi connectivity index (χ4v) is 5.57. The van der Waals surface area contributed by atoms with Gasteiger partial charge in [-0.1, -0.05) is 0 Å². The molecule has 2 heterocycles. The van der Waals surface area contributed by atoms with Crippen molar-refractivity contribution >= 4 is 21.6 Å². The van der Waals surface area contributed by atoms with Gasteiger partial charge in [0.1, 0.15) is 28.2 Å². The molecule has 0 atom stereocenters. The first kappa shape index (κ1) is 20.8. The molecule has 0 radical (unpaired) electrons. The number of fused-ring (bicyclic) bond motifs is 1. The third kappa shape index (κ3) is 3.58. The molecule has 2 aromatic carbocycles. The molecule has 10 heteroatoms. The van der Waals surface area contributed by atoms with Gasteiger partial charge in [0, 0.05) is 37.2 Å². The molecule has 30 heavy (non-hydrogen) atoms. The van der Waals surface area contributed by atoms with E-state index in [1.54, 1.807) is 0 Å². The van der Waals surface area contributed by atoms with Gasteiger partial charge < -0.3 is 4.90 Å². The summed E-state index contributed by atoms with van der Waals surface area (Å²) in [7, 11) is -4.25. The normalized spacial score (nSPS) is 17.9. The maximum absolute atomic E-state index is 13.9. The zero-order valence-electron chi connectivity index (χ0n) is 15.7. The highest BCUT2D eigenvalue weighted by Gasteiger charge is 2.37. The highest BCUT2D eigenvalue weighted by Crippen LogP contribution is 2.34. The van der Waals surface area contributed by atoms with E-state index in [9.17, 15) is 30.8 Å². The second-order valence-electron chi connectivity index (χ2n) is 7.38. The van der Waals surface area contributed by atoms with Gasteiger partial charge in [-0.3, -0.25) is 4.79 Å². The lowest BCUT2D eigenvalue weighted by molar-refractivity contribution is -0.123. The average molecular weight is 442 g/mol. The molecule has 0 spiro atoms. The van der Waals surface area contributed by atoms with E-state index in [2.05, 4.69) is 0 Å². The molecule has 0 bridgehead atoms. The number of halogens is 4.